The van der Waals surface area contributed by atoms with Crippen LogP contribution in [0.4, 0.5) is 0 Å². The van der Waals surface area contributed by atoms with E-state index in [-0.39, 0.29) is 11.7 Å². The van der Waals surface area contributed by atoms with E-state index >= 15 is 0 Å². The smallest absolute Gasteiger partial charge is 0.251 e. The van der Waals surface area contributed by atoms with Crippen LogP contribution in [0.25, 0.3) is 11.0 Å². The summed E-state index contributed by atoms with van der Waals surface area (Å²) in [4.78, 5) is 20.5. The largest absolute Gasteiger partial charge is 0.508 e. The molecule has 5 heteroatoms. The molecular formula is C23H27N3O2. The van der Waals surface area contributed by atoms with Gasteiger partial charge in [-0.1, -0.05) is 43.9 Å². The number of aromatic hydroxyl groups is 1. The topological polar surface area (TPSA) is 78.0 Å². The predicted molar refractivity (Wildman–Crippen MR) is 111 cm³/mol. The maximum absolute atomic E-state index is 12.6. The van der Waals surface area contributed by atoms with Gasteiger partial charge in [-0.15, -0.1) is 0 Å². The van der Waals surface area contributed by atoms with Gasteiger partial charge in [-0.25, -0.2) is 4.98 Å². The van der Waals surface area contributed by atoms with Crippen LogP contribution in [0.1, 0.15) is 60.3 Å². The third-order valence-corrected chi connectivity index (χ3v) is 5.67. The highest BCUT2D eigenvalue weighted by Gasteiger charge is 2.15. The Morgan fingerprint density at radius 2 is 1.89 bits per heavy atom. The van der Waals surface area contributed by atoms with Crippen LogP contribution in [0.2, 0.25) is 0 Å². The molecule has 1 saturated carbocycles. The summed E-state index contributed by atoms with van der Waals surface area (Å²) < 4.78 is 0. The summed E-state index contributed by atoms with van der Waals surface area (Å²) >= 11 is 0. The number of nitrogens with one attached hydrogen (secondary N) is 2. The number of carbonyl (C=O) groups is 1. The van der Waals surface area contributed by atoms with Crippen LogP contribution >= 0.6 is 0 Å². The van der Waals surface area contributed by atoms with Crippen molar-refractivity contribution >= 4 is 16.9 Å². The van der Waals surface area contributed by atoms with E-state index in [2.05, 4.69) is 15.3 Å². The molecule has 1 heterocycles. The Labute approximate surface area is 165 Å². The monoisotopic (exact) mass is 377 g/mol. The van der Waals surface area contributed by atoms with Crippen LogP contribution in [0.15, 0.2) is 42.5 Å². The maximum atomic E-state index is 12.6. The van der Waals surface area contributed by atoms with Gasteiger partial charge in [0, 0.05) is 24.1 Å². The Bertz CT molecular complexity index is 955. The number of para-hydroxylation sites is 1. The molecule has 0 atom stereocenters. The van der Waals surface area contributed by atoms with Crippen molar-refractivity contribution in [2.24, 2.45) is 5.92 Å². The second-order valence-electron chi connectivity index (χ2n) is 7.79. The number of aromatic nitrogens is 2. The molecule has 1 aliphatic rings. The first kappa shape index (κ1) is 18.5. The first-order chi connectivity index (χ1) is 13.7. The summed E-state index contributed by atoms with van der Waals surface area (Å²) in [7, 11) is 0. The lowest BCUT2D eigenvalue weighted by atomic mass is 10.0. The molecule has 28 heavy (non-hydrogen) atoms. The molecule has 0 saturated heterocycles. The number of hydrogen-bond donors (Lipinski definition) is 3. The molecule has 0 unspecified atom stereocenters. The van der Waals surface area contributed by atoms with E-state index in [1.807, 2.05) is 30.3 Å². The molecule has 146 valence electrons. The molecule has 1 aliphatic carbocycles. The number of imidazole rings is 1. The van der Waals surface area contributed by atoms with Gasteiger partial charge in [-0.05, 0) is 43.0 Å². The zero-order valence-electron chi connectivity index (χ0n) is 16.1. The van der Waals surface area contributed by atoms with Gasteiger partial charge >= 0.3 is 0 Å². The Morgan fingerprint density at radius 1 is 1.11 bits per heavy atom. The highest BCUT2D eigenvalue weighted by molar-refractivity contribution is 5.97. The first-order valence-corrected chi connectivity index (χ1v) is 10.2. The minimum absolute atomic E-state index is 0.0311. The molecule has 5 nitrogen and oxygen atoms in total. The van der Waals surface area contributed by atoms with Crippen LogP contribution in [-0.2, 0) is 6.42 Å². The molecule has 0 bridgehead atoms. The van der Waals surface area contributed by atoms with Crippen LogP contribution in [0.5, 0.6) is 5.75 Å². The van der Waals surface area contributed by atoms with Gasteiger partial charge in [0.1, 0.15) is 11.6 Å². The number of phenols is 1. The van der Waals surface area contributed by atoms with E-state index in [1.54, 1.807) is 12.1 Å². The summed E-state index contributed by atoms with van der Waals surface area (Å²) in [6.07, 6.45) is 8.15. The fraction of sp³-hybridized carbons (Fsp3) is 0.391. The van der Waals surface area contributed by atoms with Crippen LogP contribution in [0.3, 0.4) is 0 Å². The summed E-state index contributed by atoms with van der Waals surface area (Å²) in [5.74, 6) is 1.61. The Balaban J connectivity index is 1.43. The average Bonchev–Trinajstić information content (AvgIpc) is 2.92. The quantitative estimate of drug-likeness (QED) is 0.570. The van der Waals surface area contributed by atoms with E-state index in [1.165, 1.54) is 38.5 Å². The fourth-order valence-corrected chi connectivity index (χ4v) is 4.03. The molecule has 0 spiro atoms. The van der Waals surface area contributed by atoms with Crippen LogP contribution < -0.4 is 5.32 Å². The van der Waals surface area contributed by atoms with E-state index in [0.29, 0.717) is 17.9 Å². The van der Waals surface area contributed by atoms with Crippen molar-refractivity contribution in [2.45, 2.75) is 44.9 Å². The third-order valence-electron chi connectivity index (χ3n) is 5.67. The standard InChI is InChI=1S/C23H27N3O2/c27-21-10-6-5-9-17(21)14-22-25-19-12-11-18(13-20(19)26-22)23(28)24-15-16-7-3-1-2-4-8-16/h5-6,9-13,16,27H,1-4,7-8,14-15H2,(H,24,28)(H,25,26). The zero-order chi connectivity index (χ0) is 19.3. The van der Waals surface area contributed by atoms with Crippen molar-refractivity contribution in [3.63, 3.8) is 0 Å². The highest BCUT2D eigenvalue weighted by Crippen LogP contribution is 2.23. The zero-order valence-corrected chi connectivity index (χ0v) is 16.1. The number of benzene rings is 2. The maximum Gasteiger partial charge on any atom is 0.251 e. The van der Waals surface area contributed by atoms with Gasteiger partial charge in [0.15, 0.2) is 0 Å². The molecule has 4 rings (SSSR count). The molecule has 0 radical (unpaired) electrons. The van der Waals surface area contributed by atoms with Crippen molar-refractivity contribution in [2.75, 3.05) is 6.54 Å². The van der Waals surface area contributed by atoms with Gasteiger partial charge < -0.3 is 15.4 Å². The number of rotatable bonds is 5. The highest BCUT2D eigenvalue weighted by atomic mass is 16.3. The Hall–Kier alpha value is -2.82. The fourth-order valence-electron chi connectivity index (χ4n) is 4.03. The van der Waals surface area contributed by atoms with Gasteiger partial charge in [0.25, 0.3) is 5.91 Å². The number of hydrogen-bond acceptors (Lipinski definition) is 3. The minimum Gasteiger partial charge on any atom is -0.508 e. The number of carbonyl (C=O) groups excluding carboxylic acids is 1. The predicted octanol–water partition coefficient (Wildman–Crippen LogP) is 4.56. The molecular weight excluding hydrogens is 350 g/mol. The Morgan fingerprint density at radius 3 is 2.68 bits per heavy atom. The summed E-state index contributed by atoms with van der Waals surface area (Å²) in [5, 5.41) is 13.1. The SMILES string of the molecule is O=C(NCC1CCCCCC1)c1ccc2[nH]c(Cc3ccccc3O)nc2c1. The van der Waals surface area contributed by atoms with E-state index in [0.717, 1.165) is 29.0 Å². The van der Waals surface area contributed by atoms with E-state index < -0.39 is 0 Å². The number of aromatic amines is 1. The number of phenolic OH excluding ortho intramolecular Hbond substituents is 1. The molecule has 1 amide bonds. The number of H-pyrrole nitrogens is 1. The number of fused-ring (bicyclic) bond motifs is 1. The lowest BCUT2D eigenvalue weighted by Crippen LogP contribution is -2.29. The molecule has 1 fully saturated rings. The lowest BCUT2D eigenvalue weighted by molar-refractivity contribution is 0.0946. The van der Waals surface area contributed by atoms with E-state index in [9.17, 15) is 9.90 Å². The summed E-state index contributed by atoms with van der Waals surface area (Å²) in [6.45, 7) is 0.760. The minimum atomic E-state index is -0.0311. The third kappa shape index (κ3) is 4.35. The second kappa shape index (κ2) is 8.46. The van der Waals surface area contributed by atoms with Crippen molar-refractivity contribution in [1.29, 1.82) is 0 Å². The molecule has 0 aliphatic heterocycles. The van der Waals surface area contributed by atoms with Crippen molar-refractivity contribution in [3.8, 4) is 5.75 Å². The summed E-state index contributed by atoms with van der Waals surface area (Å²) in [6, 6.07) is 12.8. The van der Waals surface area contributed by atoms with Gasteiger partial charge in [-0.3, -0.25) is 4.79 Å². The molecule has 2 aromatic carbocycles. The van der Waals surface area contributed by atoms with Gasteiger partial charge in [0.05, 0.1) is 11.0 Å². The van der Waals surface area contributed by atoms with Crippen molar-refractivity contribution < 1.29 is 9.90 Å². The molecule has 1 aromatic heterocycles. The van der Waals surface area contributed by atoms with Gasteiger partial charge in [0.2, 0.25) is 0 Å². The first-order valence-electron chi connectivity index (χ1n) is 10.2. The van der Waals surface area contributed by atoms with Crippen LogP contribution in [0, 0.1) is 5.92 Å². The average molecular weight is 377 g/mol. The van der Waals surface area contributed by atoms with Crippen LogP contribution in [-0.4, -0.2) is 27.5 Å². The van der Waals surface area contributed by atoms with Crippen molar-refractivity contribution in [3.05, 3.63) is 59.4 Å². The molecule has 3 aromatic rings. The van der Waals surface area contributed by atoms with E-state index in [4.69, 9.17) is 0 Å². The van der Waals surface area contributed by atoms with Crippen molar-refractivity contribution in [1.82, 2.24) is 15.3 Å². The second-order valence-corrected chi connectivity index (χ2v) is 7.79. The summed E-state index contributed by atoms with van der Waals surface area (Å²) in [5.41, 5.74) is 3.13. The number of nitrogens with zero attached hydrogens (tertiary/aromatic N) is 1. The number of amides is 1. The normalized spacial score (nSPS) is 15.4. The molecule has 3 N–H and O–H groups in total. The van der Waals surface area contributed by atoms with Gasteiger partial charge in [-0.2, -0.15) is 0 Å². The lowest BCUT2D eigenvalue weighted by Gasteiger charge is -2.14. The Kier molecular flexibility index (Phi) is 5.60.